The van der Waals surface area contributed by atoms with Crippen LogP contribution in [0.5, 0.6) is 0 Å². The van der Waals surface area contributed by atoms with Crippen molar-refractivity contribution in [3.63, 3.8) is 0 Å². The predicted molar refractivity (Wildman–Crippen MR) is 71.5 cm³/mol. The van der Waals surface area contributed by atoms with Crippen molar-refractivity contribution in [2.75, 3.05) is 13.6 Å². The molecule has 0 radical (unpaired) electrons. The molecule has 1 aromatic carbocycles. The van der Waals surface area contributed by atoms with Gasteiger partial charge in [-0.2, -0.15) is 0 Å². The Morgan fingerprint density at radius 1 is 1.29 bits per heavy atom. The topological polar surface area (TPSA) is 21.3 Å². The van der Waals surface area contributed by atoms with Gasteiger partial charge in [0, 0.05) is 11.6 Å². The third-order valence-electron chi connectivity index (χ3n) is 3.29. The Labute approximate surface area is 108 Å². The molecule has 1 atom stereocenters. The first kappa shape index (κ1) is 12.9. The minimum atomic E-state index is 0.139. The molecule has 0 aromatic heterocycles. The largest absolute Gasteiger partial charge is 0.369 e. The summed E-state index contributed by atoms with van der Waals surface area (Å²) in [6.45, 7) is 0.845. The molecule has 1 unspecified atom stereocenters. The standard InChI is InChI=1S/C14H20ClNO/c1-16-10-14(17-13-4-2-3-5-13)11-6-8-12(15)9-7-11/h6-9,13-14,16H,2-5,10H2,1H3. The Bertz CT molecular complexity index is 333. The zero-order valence-corrected chi connectivity index (χ0v) is 11.0. The Morgan fingerprint density at radius 3 is 2.53 bits per heavy atom. The molecule has 1 fully saturated rings. The fourth-order valence-electron chi connectivity index (χ4n) is 2.36. The van der Waals surface area contributed by atoms with Crippen LogP contribution in [0.1, 0.15) is 37.4 Å². The van der Waals surface area contributed by atoms with Gasteiger partial charge in [-0.15, -0.1) is 0 Å². The molecule has 3 heteroatoms. The molecule has 0 saturated heterocycles. The van der Waals surface area contributed by atoms with Crippen molar-refractivity contribution in [3.8, 4) is 0 Å². The quantitative estimate of drug-likeness (QED) is 0.866. The number of hydrogen-bond donors (Lipinski definition) is 1. The van der Waals surface area contributed by atoms with Crippen LogP contribution >= 0.6 is 11.6 Å². The minimum absolute atomic E-state index is 0.139. The fourth-order valence-corrected chi connectivity index (χ4v) is 2.49. The molecule has 0 heterocycles. The van der Waals surface area contributed by atoms with Crippen molar-refractivity contribution in [3.05, 3.63) is 34.9 Å². The highest BCUT2D eigenvalue weighted by molar-refractivity contribution is 6.30. The second kappa shape index (κ2) is 6.39. The van der Waals surface area contributed by atoms with Crippen LogP contribution in [-0.2, 0) is 4.74 Å². The van der Waals surface area contributed by atoms with Crippen LogP contribution in [0.2, 0.25) is 5.02 Å². The normalized spacial score (nSPS) is 18.5. The summed E-state index contributed by atoms with van der Waals surface area (Å²) in [5.74, 6) is 0. The number of ether oxygens (including phenoxy) is 1. The van der Waals surface area contributed by atoms with Crippen LogP contribution in [0.15, 0.2) is 24.3 Å². The second-order valence-electron chi connectivity index (χ2n) is 4.64. The lowest BCUT2D eigenvalue weighted by atomic mass is 10.1. The molecule has 1 saturated carbocycles. The van der Waals surface area contributed by atoms with Gasteiger partial charge in [0.2, 0.25) is 0 Å². The molecule has 2 rings (SSSR count). The SMILES string of the molecule is CNCC(OC1CCCC1)c1ccc(Cl)cc1. The molecule has 2 nitrogen and oxygen atoms in total. The van der Waals surface area contributed by atoms with Crippen LogP contribution in [0, 0.1) is 0 Å². The summed E-state index contributed by atoms with van der Waals surface area (Å²) < 4.78 is 6.17. The average Bonchev–Trinajstić information content (AvgIpc) is 2.82. The Kier molecular flexibility index (Phi) is 4.84. The van der Waals surface area contributed by atoms with Gasteiger partial charge < -0.3 is 10.1 Å². The third-order valence-corrected chi connectivity index (χ3v) is 3.54. The summed E-state index contributed by atoms with van der Waals surface area (Å²) in [5.41, 5.74) is 1.20. The highest BCUT2D eigenvalue weighted by Crippen LogP contribution is 2.28. The number of halogens is 1. The van der Waals surface area contributed by atoms with Crippen molar-refractivity contribution in [1.82, 2.24) is 5.32 Å². The molecule has 0 spiro atoms. The summed E-state index contributed by atoms with van der Waals surface area (Å²) in [5, 5.41) is 3.97. The lowest BCUT2D eigenvalue weighted by molar-refractivity contribution is -0.00783. The number of rotatable bonds is 5. The van der Waals surface area contributed by atoms with Gasteiger partial charge in [0.25, 0.3) is 0 Å². The van der Waals surface area contributed by atoms with E-state index in [1.165, 1.54) is 31.2 Å². The van der Waals surface area contributed by atoms with E-state index in [-0.39, 0.29) is 6.10 Å². The van der Waals surface area contributed by atoms with Gasteiger partial charge in [-0.05, 0) is 37.6 Å². The molecule has 1 aliphatic carbocycles. The highest BCUT2D eigenvalue weighted by Gasteiger charge is 2.21. The molecular formula is C14H20ClNO. The maximum absolute atomic E-state index is 6.17. The molecular weight excluding hydrogens is 234 g/mol. The zero-order chi connectivity index (χ0) is 12.1. The highest BCUT2D eigenvalue weighted by atomic mass is 35.5. The number of nitrogens with one attached hydrogen (secondary N) is 1. The summed E-state index contributed by atoms with van der Waals surface area (Å²) in [4.78, 5) is 0. The van der Waals surface area contributed by atoms with Crippen LogP contribution < -0.4 is 5.32 Å². The molecule has 17 heavy (non-hydrogen) atoms. The summed E-state index contributed by atoms with van der Waals surface area (Å²) in [6, 6.07) is 7.97. The summed E-state index contributed by atoms with van der Waals surface area (Å²) in [7, 11) is 1.96. The lowest BCUT2D eigenvalue weighted by Crippen LogP contribution is -2.23. The van der Waals surface area contributed by atoms with E-state index < -0.39 is 0 Å². The fraction of sp³-hybridized carbons (Fsp3) is 0.571. The van der Waals surface area contributed by atoms with Crippen molar-refractivity contribution < 1.29 is 4.74 Å². The van der Waals surface area contributed by atoms with Gasteiger partial charge >= 0.3 is 0 Å². The van der Waals surface area contributed by atoms with Gasteiger partial charge in [0.15, 0.2) is 0 Å². The smallest absolute Gasteiger partial charge is 0.0952 e. The van der Waals surface area contributed by atoms with Gasteiger partial charge in [0.1, 0.15) is 0 Å². The summed E-state index contributed by atoms with van der Waals surface area (Å²) >= 11 is 5.91. The van der Waals surface area contributed by atoms with E-state index in [1.54, 1.807) is 0 Å². The van der Waals surface area contributed by atoms with Crippen LogP contribution in [0.3, 0.4) is 0 Å². The van der Waals surface area contributed by atoms with Crippen LogP contribution in [0.25, 0.3) is 0 Å². The van der Waals surface area contributed by atoms with E-state index in [9.17, 15) is 0 Å². The van der Waals surface area contributed by atoms with Crippen LogP contribution in [0.4, 0.5) is 0 Å². The molecule has 0 aliphatic heterocycles. The minimum Gasteiger partial charge on any atom is -0.369 e. The molecule has 0 bridgehead atoms. The average molecular weight is 254 g/mol. The van der Waals surface area contributed by atoms with E-state index in [2.05, 4.69) is 17.4 Å². The van der Waals surface area contributed by atoms with Crippen molar-refractivity contribution in [2.45, 2.75) is 37.9 Å². The number of hydrogen-bond acceptors (Lipinski definition) is 2. The van der Waals surface area contributed by atoms with Gasteiger partial charge in [-0.1, -0.05) is 36.6 Å². The molecule has 1 aromatic rings. The molecule has 1 aliphatic rings. The summed E-state index contributed by atoms with van der Waals surface area (Å²) in [6.07, 6.45) is 5.58. The van der Waals surface area contributed by atoms with Gasteiger partial charge in [-0.3, -0.25) is 0 Å². The van der Waals surface area contributed by atoms with Gasteiger partial charge in [0.05, 0.1) is 12.2 Å². The number of benzene rings is 1. The first-order valence-corrected chi connectivity index (χ1v) is 6.73. The second-order valence-corrected chi connectivity index (χ2v) is 5.08. The zero-order valence-electron chi connectivity index (χ0n) is 10.3. The van der Waals surface area contributed by atoms with Crippen molar-refractivity contribution in [1.29, 1.82) is 0 Å². The molecule has 0 amide bonds. The Balaban J connectivity index is 2.02. The maximum Gasteiger partial charge on any atom is 0.0952 e. The van der Waals surface area contributed by atoms with E-state index >= 15 is 0 Å². The lowest BCUT2D eigenvalue weighted by Gasteiger charge is -2.22. The first-order valence-electron chi connectivity index (χ1n) is 6.35. The van der Waals surface area contributed by atoms with Gasteiger partial charge in [-0.25, -0.2) is 0 Å². The van der Waals surface area contributed by atoms with Crippen molar-refractivity contribution >= 4 is 11.6 Å². The molecule has 94 valence electrons. The Morgan fingerprint density at radius 2 is 1.94 bits per heavy atom. The maximum atomic E-state index is 6.17. The Hall–Kier alpha value is -0.570. The van der Waals surface area contributed by atoms with E-state index in [0.717, 1.165) is 11.6 Å². The van der Waals surface area contributed by atoms with Crippen LogP contribution in [-0.4, -0.2) is 19.7 Å². The van der Waals surface area contributed by atoms with Crippen molar-refractivity contribution in [2.24, 2.45) is 0 Å². The monoisotopic (exact) mass is 253 g/mol. The van der Waals surface area contributed by atoms with E-state index in [1.807, 2.05) is 19.2 Å². The first-order chi connectivity index (χ1) is 8.29. The predicted octanol–water partition coefficient (Wildman–Crippen LogP) is 3.56. The number of likely N-dealkylation sites (N-methyl/N-ethyl adjacent to an activating group) is 1. The third kappa shape index (κ3) is 3.70. The van der Waals surface area contributed by atoms with E-state index in [4.69, 9.17) is 16.3 Å². The van der Waals surface area contributed by atoms with E-state index in [0.29, 0.717) is 6.10 Å². The molecule has 1 N–H and O–H groups in total.